The summed E-state index contributed by atoms with van der Waals surface area (Å²) in [6, 6.07) is 8.38. The van der Waals surface area contributed by atoms with Crippen LogP contribution in [-0.4, -0.2) is 42.5 Å². The van der Waals surface area contributed by atoms with Crippen LogP contribution in [0, 0.1) is 0 Å². The molecule has 0 aromatic heterocycles. The molecule has 1 aliphatic rings. The molecule has 1 fully saturated rings. The van der Waals surface area contributed by atoms with E-state index in [0.717, 1.165) is 36.8 Å². The van der Waals surface area contributed by atoms with Crippen LogP contribution in [0.1, 0.15) is 55.8 Å². The Labute approximate surface area is 210 Å². The summed E-state index contributed by atoms with van der Waals surface area (Å²) in [5.74, 6) is -1.53. The molecule has 1 saturated heterocycles. The zero-order valence-electron chi connectivity index (χ0n) is 19.8. The van der Waals surface area contributed by atoms with Crippen molar-refractivity contribution in [2.75, 3.05) is 20.8 Å². The van der Waals surface area contributed by atoms with Gasteiger partial charge in [0.2, 0.25) is 0 Å². The fourth-order valence-electron chi connectivity index (χ4n) is 4.22. The van der Waals surface area contributed by atoms with Crippen molar-refractivity contribution in [3.8, 4) is 11.5 Å². The van der Waals surface area contributed by atoms with Crippen molar-refractivity contribution in [2.45, 2.75) is 45.6 Å². The third-order valence-corrected chi connectivity index (χ3v) is 6.66. The first kappa shape index (κ1) is 25.9. The highest BCUT2D eigenvalue weighted by Crippen LogP contribution is 2.47. The van der Waals surface area contributed by atoms with Gasteiger partial charge in [-0.3, -0.25) is 9.59 Å². The molecule has 0 bridgehead atoms. The lowest BCUT2D eigenvalue weighted by Crippen LogP contribution is -2.30. The van der Waals surface area contributed by atoms with Crippen molar-refractivity contribution in [3.05, 3.63) is 62.6 Å². The summed E-state index contributed by atoms with van der Waals surface area (Å²) in [6.07, 6.45) is 3.50. The fraction of sp³-hybridized carbons (Fsp3) is 0.385. The largest absolute Gasteiger partial charge is 0.507 e. The average molecular weight is 506 g/mol. The third kappa shape index (κ3) is 4.75. The molecule has 1 atom stereocenters. The Hall–Kier alpha value is -2.70. The Morgan fingerprint density at radius 3 is 2.24 bits per heavy atom. The Morgan fingerprint density at radius 2 is 1.68 bits per heavy atom. The molecule has 6 nitrogen and oxygen atoms in total. The molecule has 1 heterocycles. The molecule has 0 spiro atoms. The number of rotatable bonds is 9. The van der Waals surface area contributed by atoms with Gasteiger partial charge in [0.1, 0.15) is 10.8 Å². The zero-order valence-corrected chi connectivity index (χ0v) is 21.3. The minimum Gasteiger partial charge on any atom is -0.507 e. The Bertz CT molecular complexity index is 1110. The first-order valence-corrected chi connectivity index (χ1v) is 12.0. The number of aliphatic hydroxyl groups is 1. The maximum atomic E-state index is 13.2. The maximum Gasteiger partial charge on any atom is 0.295 e. The molecule has 1 unspecified atom stereocenters. The number of hydrogen-bond acceptors (Lipinski definition) is 5. The van der Waals surface area contributed by atoms with Gasteiger partial charge >= 0.3 is 0 Å². The standard InChI is InChI=1S/C26H29Cl2NO5/c1-5-7-8-13-29-21(16-11-9-15(6-2)10-12-16)19(23(31)26(29)32)22(30)17-14-18(27)25(34-4)20(28)24(17)33-3/h9-12,14,21,30H,5-8,13H2,1-4H3/b22-19+. The van der Waals surface area contributed by atoms with Gasteiger partial charge in [-0.25, -0.2) is 0 Å². The molecule has 2 aromatic carbocycles. The van der Waals surface area contributed by atoms with Crippen LogP contribution in [0.5, 0.6) is 11.5 Å². The number of carbonyl (C=O) groups excluding carboxylic acids is 2. The number of amides is 1. The van der Waals surface area contributed by atoms with Crippen molar-refractivity contribution in [2.24, 2.45) is 0 Å². The van der Waals surface area contributed by atoms with Gasteiger partial charge in [0, 0.05) is 6.54 Å². The Balaban J connectivity index is 2.23. The van der Waals surface area contributed by atoms with E-state index in [0.29, 0.717) is 6.54 Å². The van der Waals surface area contributed by atoms with Crippen LogP contribution in [0.15, 0.2) is 35.9 Å². The zero-order chi connectivity index (χ0) is 25.0. The summed E-state index contributed by atoms with van der Waals surface area (Å²) in [5, 5.41) is 11.6. The number of Topliss-reactive ketones (excluding diaryl/α,β-unsaturated/α-hetero) is 1. The molecule has 2 aromatic rings. The number of hydrogen-bond donors (Lipinski definition) is 1. The second kappa shape index (κ2) is 11.2. The predicted molar refractivity (Wildman–Crippen MR) is 134 cm³/mol. The molecule has 8 heteroatoms. The number of carbonyl (C=O) groups is 2. The van der Waals surface area contributed by atoms with Gasteiger partial charge in [-0.2, -0.15) is 0 Å². The lowest BCUT2D eigenvalue weighted by Gasteiger charge is -2.26. The van der Waals surface area contributed by atoms with E-state index in [9.17, 15) is 14.7 Å². The lowest BCUT2D eigenvalue weighted by molar-refractivity contribution is -0.139. The van der Waals surface area contributed by atoms with E-state index >= 15 is 0 Å². The van der Waals surface area contributed by atoms with Gasteiger partial charge in [0.25, 0.3) is 11.7 Å². The van der Waals surface area contributed by atoms with Crippen LogP contribution < -0.4 is 9.47 Å². The average Bonchev–Trinajstić information content (AvgIpc) is 3.08. The van der Waals surface area contributed by atoms with Crippen LogP contribution in [0.4, 0.5) is 0 Å². The van der Waals surface area contributed by atoms with Crippen LogP contribution in [0.3, 0.4) is 0 Å². The quantitative estimate of drug-likeness (QED) is 0.190. The molecule has 3 rings (SSSR count). The Morgan fingerprint density at radius 1 is 1.03 bits per heavy atom. The molecule has 1 aliphatic heterocycles. The number of aliphatic hydroxyl groups excluding tert-OH is 1. The molecule has 34 heavy (non-hydrogen) atoms. The van der Waals surface area contributed by atoms with Gasteiger partial charge in [-0.15, -0.1) is 0 Å². The van der Waals surface area contributed by atoms with Gasteiger partial charge in [0.05, 0.1) is 36.4 Å². The first-order chi connectivity index (χ1) is 16.3. The minimum absolute atomic E-state index is 0.0265. The van der Waals surface area contributed by atoms with Crippen LogP contribution in [-0.2, 0) is 16.0 Å². The van der Waals surface area contributed by atoms with Gasteiger partial charge in [0.15, 0.2) is 11.5 Å². The van der Waals surface area contributed by atoms with E-state index in [1.807, 2.05) is 24.3 Å². The highest BCUT2D eigenvalue weighted by Gasteiger charge is 2.46. The van der Waals surface area contributed by atoms with Crippen LogP contribution in [0.2, 0.25) is 10.0 Å². The number of unbranched alkanes of at least 4 members (excludes halogenated alkanes) is 2. The maximum absolute atomic E-state index is 13.2. The lowest BCUT2D eigenvalue weighted by atomic mass is 9.94. The summed E-state index contributed by atoms with van der Waals surface area (Å²) < 4.78 is 10.6. The number of aryl methyl sites for hydroxylation is 1. The molecular weight excluding hydrogens is 477 g/mol. The summed E-state index contributed by atoms with van der Waals surface area (Å²) >= 11 is 12.7. The topological polar surface area (TPSA) is 76.1 Å². The molecule has 1 amide bonds. The Kier molecular flexibility index (Phi) is 8.50. The summed E-state index contributed by atoms with van der Waals surface area (Å²) in [4.78, 5) is 27.8. The van der Waals surface area contributed by atoms with Crippen molar-refractivity contribution >= 4 is 40.7 Å². The number of halogens is 2. The number of benzene rings is 2. The van der Waals surface area contributed by atoms with Crippen LogP contribution in [0.25, 0.3) is 5.76 Å². The smallest absolute Gasteiger partial charge is 0.295 e. The predicted octanol–water partition coefficient (Wildman–Crippen LogP) is 6.18. The molecule has 0 saturated carbocycles. The minimum atomic E-state index is -0.760. The number of likely N-dealkylation sites (tertiary alicyclic amines) is 1. The first-order valence-electron chi connectivity index (χ1n) is 11.3. The highest BCUT2D eigenvalue weighted by atomic mass is 35.5. The van der Waals surface area contributed by atoms with E-state index < -0.39 is 23.5 Å². The van der Waals surface area contributed by atoms with Crippen LogP contribution >= 0.6 is 23.2 Å². The molecule has 1 N–H and O–H groups in total. The number of ketones is 1. The van der Waals surface area contributed by atoms with Crippen molar-refractivity contribution in [1.82, 2.24) is 4.90 Å². The summed E-state index contributed by atoms with van der Waals surface area (Å²) in [7, 11) is 2.80. The van der Waals surface area contributed by atoms with Crippen molar-refractivity contribution in [1.29, 1.82) is 0 Å². The highest BCUT2D eigenvalue weighted by molar-refractivity contribution is 6.47. The van der Waals surface area contributed by atoms with E-state index in [-0.39, 0.29) is 32.7 Å². The monoisotopic (exact) mass is 505 g/mol. The van der Waals surface area contributed by atoms with E-state index in [4.69, 9.17) is 32.7 Å². The second-order valence-corrected chi connectivity index (χ2v) is 8.87. The van der Waals surface area contributed by atoms with Crippen molar-refractivity contribution in [3.63, 3.8) is 0 Å². The van der Waals surface area contributed by atoms with E-state index in [1.165, 1.54) is 25.2 Å². The molecule has 0 aliphatic carbocycles. The number of methoxy groups -OCH3 is 2. The van der Waals surface area contributed by atoms with E-state index in [1.54, 1.807) is 0 Å². The second-order valence-electron chi connectivity index (χ2n) is 8.08. The molecule has 182 valence electrons. The van der Waals surface area contributed by atoms with E-state index in [2.05, 4.69) is 13.8 Å². The van der Waals surface area contributed by atoms with Gasteiger partial charge < -0.3 is 19.5 Å². The molecular formula is C26H29Cl2NO5. The normalized spacial score (nSPS) is 17.4. The third-order valence-electron chi connectivity index (χ3n) is 6.04. The number of nitrogens with zero attached hydrogens (tertiary/aromatic N) is 1. The summed E-state index contributed by atoms with van der Waals surface area (Å²) in [6.45, 7) is 4.52. The number of ether oxygens (including phenoxy) is 2. The van der Waals surface area contributed by atoms with Gasteiger partial charge in [-0.05, 0) is 30.0 Å². The van der Waals surface area contributed by atoms with Crippen molar-refractivity contribution < 1.29 is 24.2 Å². The van der Waals surface area contributed by atoms with Gasteiger partial charge in [-0.1, -0.05) is 74.2 Å². The SMILES string of the molecule is CCCCCN1C(=O)C(=O)/C(=C(/O)c2cc(Cl)c(OC)c(Cl)c2OC)C1c1ccc(CC)cc1. The summed E-state index contributed by atoms with van der Waals surface area (Å²) in [5.41, 5.74) is 1.95. The fourth-order valence-corrected chi connectivity index (χ4v) is 4.90. The molecule has 0 radical (unpaired) electrons.